The van der Waals surface area contributed by atoms with Crippen molar-refractivity contribution < 1.29 is 18.0 Å². The molecule has 0 aliphatic carbocycles. The second-order valence-electron chi connectivity index (χ2n) is 7.07. The molecule has 0 spiro atoms. The van der Waals surface area contributed by atoms with Gasteiger partial charge in [0.2, 0.25) is 0 Å². The van der Waals surface area contributed by atoms with Crippen molar-refractivity contribution in [3.8, 4) is 0 Å². The molecule has 5 nitrogen and oxygen atoms in total. The van der Waals surface area contributed by atoms with E-state index in [0.717, 1.165) is 15.1 Å². The van der Waals surface area contributed by atoms with Crippen molar-refractivity contribution in [2.24, 2.45) is 0 Å². The molecule has 0 radical (unpaired) electrons. The summed E-state index contributed by atoms with van der Waals surface area (Å²) in [7, 11) is 0. The average Bonchev–Trinajstić information content (AvgIpc) is 3.36. The molecule has 2 aromatic heterocycles. The number of fused-ring (bicyclic) bond motifs is 1. The number of aromatic nitrogens is 2. The van der Waals surface area contributed by atoms with E-state index >= 15 is 0 Å². The fraction of sp³-hybridized carbons (Fsp3) is 0.300. The molecule has 1 amide bonds. The normalized spacial score (nSPS) is 19.6. The minimum absolute atomic E-state index is 0.00107. The number of carbonyl (C=O) groups excluding carboxylic acids is 1. The van der Waals surface area contributed by atoms with Gasteiger partial charge < -0.3 is 10.6 Å². The fourth-order valence-corrected chi connectivity index (χ4v) is 4.56. The third-order valence-corrected chi connectivity index (χ3v) is 6.39. The first kappa shape index (κ1) is 20.7. The molecule has 2 N–H and O–H groups in total. The third-order valence-electron chi connectivity index (χ3n) is 5.04. The van der Waals surface area contributed by atoms with Crippen LogP contribution < -0.4 is 10.6 Å². The molecular formula is C20H18ClF3N4OS. The van der Waals surface area contributed by atoms with Gasteiger partial charge in [0.15, 0.2) is 11.7 Å². The number of thiophene rings is 1. The number of anilines is 1. The highest BCUT2D eigenvalue weighted by Crippen LogP contribution is 2.46. The predicted molar refractivity (Wildman–Crippen MR) is 110 cm³/mol. The first-order chi connectivity index (χ1) is 14.3. The lowest BCUT2D eigenvalue weighted by Gasteiger charge is -2.32. The molecular weight excluding hydrogens is 437 g/mol. The molecule has 0 unspecified atom stereocenters. The maximum atomic E-state index is 13.8. The van der Waals surface area contributed by atoms with Crippen molar-refractivity contribution in [3.05, 3.63) is 69.0 Å². The highest BCUT2D eigenvalue weighted by atomic mass is 35.5. The first-order valence-electron chi connectivity index (χ1n) is 9.26. The Kier molecular flexibility index (Phi) is 5.50. The number of halogens is 4. The summed E-state index contributed by atoms with van der Waals surface area (Å²) in [6.45, 7) is 1.78. The lowest BCUT2D eigenvalue weighted by atomic mass is 10.0. The zero-order chi connectivity index (χ0) is 21.5. The first-order valence-corrected chi connectivity index (χ1v) is 10.5. The maximum Gasteiger partial charge on any atom is 0.410 e. The summed E-state index contributed by atoms with van der Waals surface area (Å²) in [4.78, 5) is 13.5. The van der Waals surface area contributed by atoms with E-state index in [2.05, 4.69) is 15.7 Å². The molecule has 1 aliphatic rings. The number of hydrogen-bond acceptors (Lipinski definition) is 4. The fourth-order valence-electron chi connectivity index (χ4n) is 3.50. The van der Waals surface area contributed by atoms with E-state index in [-0.39, 0.29) is 29.0 Å². The smallest absolute Gasteiger partial charge is 0.361 e. The summed E-state index contributed by atoms with van der Waals surface area (Å²) in [5.74, 6) is -0.630. The van der Waals surface area contributed by atoms with Gasteiger partial charge in [0.1, 0.15) is 10.8 Å². The predicted octanol–water partition coefficient (Wildman–Crippen LogP) is 5.75. The van der Waals surface area contributed by atoms with Crippen LogP contribution in [0.5, 0.6) is 0 Å². The quantitative estimate of drug-likeness (QED) is 0.527. The molecule has 1 aliphatic heterocycles. The maximum absolute atomic E-state index is 13.8. The molecule has 0 saturated heterocycles. The Morgan fingerprint density at radius 3 is 2.67 bits per heavy atom. The van der Waals surface area contributed by atoms with E-state index in [1.165, 1.54) is 11.3 Å². The van der Waals surface area contributed by atoms with Crippen LogP contribution in [0, 0.1) is 0 Å². The molecule has 10 heteroatoms. The van der Waals surface area contributed by atoms with Crippen LogP contribution in [0.3, 0.4) is 0 Å². The number of hydrogen-bond donors (Lipinski definition) is 2. The number of amides is 1. The Balaban J connectivity index is 1.65. The zero-order valence-electron chi connectivity index (χ0n) is 15.8. The highest BCUT2D eigenvalue weighted by molar-refractivity contribution is 7.10. The molecule has 30 heavy (non-hydrogen) atoms. The Labute approximate surface area is 179 Å². The Hall–Kier alpha value is -2.52. The van der Waals surface area contributed by atoms with E-state index < -0.39 is 24.2 Å². The van der Waals surface area contributed by atoms with Crippen LogP contribution >= 0.6 is 22.9 Å². The van der Waals surface area contributed by atoms with Gasteiger partial charge in [0.25, 0.3) is 5.91 Å². The van der Waals surface area contributed by atoms with E-state index in [0.29, 0.717) is 0 Å². The number of nitrogens with zero attached hydrogens (tertiary/aromatic N) is 2. The Morgan fingerprint density at radius 2 is 2.03 bits per heavy atom. The van der Waals surface area contributed by atoms with Gasteiger partial charge in [0, 0.05) is 11.3 Å². The van der Waals surface area contributed by atoms with Crippen molar-refractivity contribution in [3.63, 3.8) is 0 Å². The van der Waals surface area contributed by atoms with E-state index in [1.807, 2.05) is 30.3 Å². The molecule has 3 heterocycles. The zero-order valence-corrected chi connectivity index (χ0v) is 17.4. The molecule has 1 aromatic carbocycles. The number of carbonyl (C=O) groups is 1. The molecule has 0 saturated carbocycles. The minimum Gasteiger partial charge on any atom is -0.361 e. The second kappa shape index (κ2) is 7.96. The van der Waals surface area contributed by atoms with Gasteiger partial charge >= 0.3 is 6.18 Å². The number of benzene rings is 1. The summed E-state index contributed by atoms with van der Waals surface area (Å²) in [6.07, 6.45) is -4.77. The van der Waals surface area contributed by atoms with Crippen LogP contribution in [0.2, 0.25) is 5.02 Å². The van der Waals surface area contributed by atoms with Gasteiger partial charge in [-0.25, -0.2) is 4.68 Å². The molecule has 4 rings (SSSR count). The molecule has 3 aromatic rings. The van der Waals surface area contributed by atoms with Gasteiger partial charge in [-0.1, -0.05) is 48.0 Å². The second-order valence-corrected chi connectivity index (χ2v) is 8.42. The van der Waals surface area contributed by atoms with Crippen LogP contribution in [0.15, 0.2) is 47.8 Å². The molecule has 158 valence electrons. The average molecular weight is 455 g/mol. The van der Waals surface area contributed by atoms with Gasteiger partial charge in [-0.05, 0) is 23.9 Å². The summed E-state index contributed by atoms with van der Waals surface area (Å²) in [5.41, 5.74) is 0.623. The summed E-state index contributed by atoms with van der Waals surface area (Å²) in [5, 5.41) is 11.4. The minimum atomic E-state index is -4.53. The lowest BCUT2D eigenvalue weighted by Crippen LogP contribution is -2.35. The van der Waals surface area contributed by atoms with E-state index in [4.69, 9.17) is 11.6 Å². The van der Waals surface area contributed by atoms with Crippen molar-refractivity contribution in [1.82, 2.24) is 15.1 Å². The van der Waals surface area contributed by atoms with E-state index in [9.17, 15) is 18.0 Å². The van der Waals surface area contributed by atoms with Crippen molar-refractivity contribution in [2.45, 2.75) is 37.6 Å². The van der Waals surface area contributed by atoms with Crippen LogP contribution in [0.25, 0.3) is 0 Å². The monoisotopic (exact) mass is 454 g/mol. The van der Waals surface area contributed by atoms with Gasteiger partial charge in [-0.15, -0.1) is 11.3 Å². The topological polar surface area (TPSA) is 59.0 Å². The van der Waals surface area contributed by atoms with Crippen LogP contribution in [-0.4, -0.2) is 21.9 Å². The van der Waals surface area contributed by atoms with Crippen molar-refractivity contribution >= 4 is 34.7 Å². The number of nitrogens with one attached hydrogen (secondary N) is 2. The third kappa shape index (κ3) is 3.91. The molecule has 0 bridgehead atoms. The summed E-state index contributed by atoms with van der Waals surface area (Å²) in [6, 6.07) is 9.95. The van der Waals surface area contributed by atoms with Crippen LogP contribution in [0.1, 0.15) is 52.4 Å². The molecule has 3 atom stereocenters. The van der Waals surface area contributed by atoms with Crippen molar-refractivity contribution in [2.75, 3.05) is 5.32 Å². The van der Waals surface area contributed by atoms with Gasteiger partial charge in [0.05, 0.1) is 12.1 Å². The molecule has 0 fully saturated rings. The lowest BCUT2D eigenvalue weighted by molar-refractivity contribution is -0.173. The van der Waals surface area contributed by atoms with Crippen molar-refractivity contribution in [1.29, 1.82) is 0 Å². The standard InChI is InChI=1S/C20H18ClF3N4OS/c1-11(12-6-3-2-4-7-12)25-19(29)17-16(21)18-26-13(14-8-5-9-30-14)10-15(20(22,23)24)28(18)27-17/h2-9,11,13,15,26H,10H2,1H3,(H,25,29)/t11-,13+,15+/m1/s1. The number of rotatable bonds is 4. The van der Waals surface area contributed by atoms with Gasteiger partial charge in [-0.2, -0.15) is 18.3 Å². The van der Waals surface area contributed by atoms with Gasteiger partial charge in [-0.3, -0.25) is 4.79 Å². The van der Waals surface area contributed by atoms with E-state index in [1.54, 1.807) is 24.4 Å². The SMILES string of the molecule is C[C@@H](NC(=O)c1nn2c(c1Cl)N[C@H](c1cccs1)C[C@H]2C(F)(F)F)c1ccccc1. The van der Waals surface area contributed by atoms with Crippen LogP contribution in [-0.2, 0) is 0 Å². The largest absolute Gasteiger partial charge is 0.410 e. The summed E-state index contributed by atoms with van der Waals surface area (Å²) < 4.78 is 42.1. The Bertz CT molecular complexity index is 1040. The highest BCUT2D eigenvalue weighted by Gasteiger charge is 2.48. The van der Waals surface area contributed by atoms with Crippen LogP contribution in [0.4, 0.5) is 19.0 Å². The summed E-state index contributed by atoms with van der Waals surface area (Å²) >= 11 is 7.70. The Morgan fingerprint density at radius 1 is 1.30 bits per heavy atom. The number of alkyl halides is 3.